The lowest BCUT2D eigenvalue weighted by Gasteiger charge is -2.04. The van der Waals surface area contributed by atoms with Gasteiger partial charge in [-0.2, -0.15) is 0 Å². The Balaban J connectivity index is 2.15. The summed E-state index contributed by atoms with van der Waals surface area (Å²) in [4.78, 5) is 24.6. The van der Waals surface area contributed by atoms with Crippen molar-refractivity contribution >= 4 is 22.7 Å². The van der Waals surface area contributed by atoms with Gasteiger partial charge < -0.3 is 4.98 Å². The predicted octanol–water partition coefficient (Wildman–Crippen LogP) is 2.47. The zero-order chi connectivity index (χ0) is 12.4. The first kappa shape index (κ1) is 11.0. The number of aromatic amines is 1. The molecule has 4 nitrogen and oxygen atoms in total. The molecule has 88 valence electrons. The molecule has 0 saturated carbocycles. The van der Waals surface area contributed by atoms with Gasteiger partial charge >= 0.3 is 0 Å². The van der Waals surface area contributed by atoms with Gasteiger partial charge in [0.25, 0.3) is 5.56 Å². The highest BCUT2D eigenvalue weighted by Gasteiger charge is 2.07. The van der Waals surface area contributed by atoms with Gasteiger partial charge in [0.2, 0.25) is 0 Å². The molecule has 0 saturated heterocycles. The molecule has 0 aliphatic carbocycles. The van der Waals surface area contributed by atoms with Crippen molar-refractivity contribution in [2.24, 2.45) is 0 Å². The fourth-order valence-corrected chi connectivity index (χ4v) is 2.66. The van der Waals surface area contributed by atoms with Gasteiger partial charge in [0, 0.05) is 22.2 Å². The quantitative estimate of drug-likeness (QED) is 0.764. The van der Waals surface area contributed by atoms with E-state index >= 15 is 0 Å². The molecule has 0 aliphatic heterocycles. The zero-order valence-corrected chi connectivity index (χ0v) is 10.1. The van der Waals surface area contributed by atoms with Gasteiger partial charge in [-0.15, -0.1) is 0 Å². The summed E-state index contributed by atoms with van der Waals surface area (Å²) in [7, 11) is 0. The summed E-state index contributed by atoms with van der Waals surface area (Å²) < 4.78 is 0. The van der Waals surface area contributed by atoms with E-state index in [1.165, 1.54) is 18.1 Å². The smallest absolute Gasteiger partial charge is 0.259 e. The Morgan fingerprint density at radius 2 is 1.94 bits per heavy atom. The molecule has 0 bridgehead atoms. The molecule has 2 aromatic heterocycles. The highest BCUT2D eigenvalue weighted by molar-refractivity contribution is 7.99. The molecule has 3 aromatic rings. The van der Waals surface area contributed by atoms with Gasteiger partial charge in [0.05, 0.1) is 17.2 Å². The molecule has 1 aromatic carbocycles. The van der Waals surface area contributed by atoms with Crippen LogP contribution in [0, 0.1) is 0 Å². The molecule has 0 atom stereocenters. The first-order valence-electron chi connectivity index (χ1n) is 5.39. The van der Waals surface area contributed by atoms with E-state index in [9.17, 15) is 4.79 Å². The maximum atomic E-state index is 11.9. The summed E-state index contributed by atoms with van der Waals surface area (Å²) in [5.74, 6) is 0. The molecule has 0 spiro atoms. The minimum Gasteiger partial charge on any atom is -0.313 e. The number of hydrogen-bond donors (Lipinski definition) is 1. The van der Waals surface area contributed by atoms with Gasteiger partial charge in [0.1, 0.15) is 0 Å². The second kappa shape index (κ2) is 4.62. The lowest BCUT2D eigenvalue weighted by atomic mass is 10.2. The van der Waals surface area contributed by atoms with Crippen LogP contribution >= 0.6 is 11.8 Å². The third-order valence-electron chi connectivity index (χ3n) is 2.51. The second-order valence-corrected chi connectivity index (χ2v) is 4.78. The van der Waals surface area contributed by atoms with Crippen LogP contribution in [0.15, 0.2) is 63.6 Å². The minimum absolute atomic E-state index is 0.114. The molecule has 18 heavy (non-hydrogen) atoms. The fourth-order valence-electron chi connectivity index (χ4n) is 1.71. The van der Waals surface area contributed by atoms with E-state index in [0.717, 1.165) is 9.79 Å². The summed E-state index contributed by atoms with van der Waals surface area (Å²) in [5, 5.41) is 0.627. The molecule has 3 rings (SSSR count). The van der Waals surface area contributed by atoms with Crippen LogP contribution in [-0.4, -0.2) is 15.0 Å². The summed E-state index contributed by atoms with van der Waals surface area (Å²) in [6.07, 6.45) is 4.89. The average molecular weight is 255 g/mol. The van der Waals surface area contributed by atoms with Crippen molar-refractivity contribution in [1.29, 1.82) is 0 Å². The van der Waals surface area contributed by atoms with E-state index in [2.05, 4.69) is 15.0 Å². The van der Waals surface area contributed by atoms with E-state index < -0.39 is 0 Å². The Kier molecular flexibility index (Phi) is 2.82. The van der Waals surface area contributed by atoms with Gasteiger partial charge in [0.15, 0.2) is 0 Å². The molecule has 2 heterocycles. The SMILES string of the molecule is O=c1[nH]cnc2cccc(Sc3ccncc3)c12. The molecular formula is C13H9N3OS. The lowest BCUT2D eigenvalue weighted by Crippen LogP contribution is -2.07. The monoisotopic (exact) mass is 255 g/mol. The number of nitrogens with one attached hydrogen (secondary N) is 1. The maximum Gasteiger partial charge on any atom is 0.259 e. The molecule has 1 N–H and O–H groups in total. The number of aromatic nitrogens is 3. The third-order valence-corrected chi connectivity index (χ3v) is 3.58. The van der Waals surface area contributed by atoms with E-state index in [1.54, 1.807) is 12.4 Å². The summed E-state index contributed by atoms with van der Waals surface area (Å²) in [5.41, 5.74) is 0.593. The predicted molar refractivity (Wildman–Crippen MR) is 70.7 cm³/mol. The van der Waals surface area contributed by atoms with Gasteiger partial charge in [-0.05, 0) is 24.3 Å². The second-order valence-electron chi connectivity index (χ2n) is 3.67. The molecule has 0 aliphatic rings. The fraction of sp³-hybridized carbons (Fsp3) is 0. The van der Waals surface area contributed by atoms with Crippen molar-refractivity contribution in [3.8, 4) is 0 Å². The Bertz CT molecular complexity index is 735. The summed E-state index contributed by atoms with van der Waals surface area (Å²) in [6.45, 7) is 0. The number of nitrogens with zero attached hydrogens (tertiary/aromatic N) is 2. The van der Waals surface area contributed by atoms with Crippen LogP contribution in [0.2, 0.25) is 0 Å². The first-order chi connectivity index (χ1) is 8.84. The Hall–Kier alpha value is -2.14. The normalized spacial score (nSPS) is 10.7. The van der Waals surface area contributed by atoms with E-state index in [0.29, 0.717) is 10.9 Å². The van der Waals surface area contributed by atoms with E-state index in [4.69, 9.17) is 0 Å². The topological polar surface area (TPSA) is 58.6 Å². The zero-order valence-electron chi connectivity index (χ0n) is 9.33. The Morgan fingerprint density at radius 1 is 1.11 bits per heavy atom. The number of fused-ring (bicyclic) bond motifs is 1. The van der Waals surface area contributed by atoms with Crippen molar-refractivity contribution in [3.05, 3.63) is 59.4 Å². The van der Waals surface area contributed by atoms with Crippen LogP contribution in [-0.2, 0) is 0 Å². The van der Waals surface area contributed by atoms with Crippen LogP contribution in [0.1, 0.15) is 0 Å². The van der Waals surface area contributed by atoms with Crippen LogP contribution in [0.25, 0.3) is 10.9 Å². The van der Waals surface area contributed by atoms with Crippen LogP contribution < -0.4 is 5.56 Å². The molecule has 0 radical (unpaired) electrons. The number of rotatable bonds is 2. The number of H-pyrrole nitrogens is 1. The van der Waals surface area contributed by atoms with Gasteiger partial charge in [-0.1, -0.05) is 17.8 Å². The number of benzene rings is 1. The first-order valence-corrected chi connectivity index (χ1v) is 6.20. The third kappa shape index (κ3) is 2.00. The summed E-state index contributed by atoms with van der Waals surface area (Å²) >= 11 is 1.53. The highest BCUT2D eigenvalue weighted by Crippen LogP contribution is 2.30. The van der Waals surface area contributed by atoms with Crippen molar-refractivity contribution in [1.82, 2.24) is 15.0 Å². The van der Waals surface area contributed by atoms with Crippen LogP contribution in [0.4, 0.5) is 0 Å². The molecule has 5 heteroatoms. The molecular weight excluding hydrogens is 246 g/mol. The van der Waals surface area contributed by atoms with Crippen LogP contribution in [0.3, 0.4) is 0 Å². The van der Waals surface area contributed by atoms with Crippen molar-refractivity contribution in [3.63, 3.8) is 0 Å². The molecule has 0 amide bonds. The van der Waals surface area contributed by atoms with Gasteiger partial charge in [-0.25, -0.2) is 4.98 Å². The van der Waals surface area contributed by atoms with Crippen molar-refractivity contribution < 1.29 is 0 Å². The largest absolute Gasteiger partial charge is 0.313 e. The van der Waals surface area contributed by atoms with Gasteiger partial charge in [-0.3, -0.25) is 9.78 Å². The number of pyridine rings is 1. The molecule has 0 unspecified atom stereocenters. The van der Waals surface area contributed by atoms with Crippen molar-refractivity contribution in [2.75, 3.05) is 0 Å². The summed E-state index contributed by atoms with van der Waals surface area (Å²) in [6, 6.07) is 9.48. The Morgan fingerprint density at radius 3 is 2.78 bits per heavy atom. The lowest BCUT2D eigenvalue weighted by molar-refractivity contribution is 1.16. The maximum absolute atomic E-state index is 11.9. The standard InChI is InChI=1S/C13H9N3OS/c17-13-12-10(15-8-16-13)2-1-3-11(12)18-9-4-6-14-7-5-9/h1-8H,(H,15,16,17). The minimum atomic E-state index is -0.114. The van der Waals surface area contributed by atoms with Crippen molar-refractivity contribution in [2.45, 2.75) is 9.79 Å². The van der Waals surface area contributed by atoms with E-state index in [-0.39, 0.29) is 5.56 Å². The van der Waals surface area contributed by atoms with Crippen LogP contribution in [0.5, 0.6) is 0 Å². The Labute approximate surface area is 107 Å². The number of hydrogen-bond acceptors (Lipinski definition) is 4. The average Bonchev–Trinajstić information content (AvgIpc) is 2.40. The van der Waals surface area contributed by atoms with E-state index in [1.807, 2.05) is 30.3 Å². The highest BCUT2D eigenvalue weighted by atomic mass is 32.2. The molecule has 0 fully saturated rings.